The van der Waals surface area contributed by atoms with E-state index in [1.54, 1.807) is 19.4 Å². The number of hydrogen-bond donors (Lipinski definition) is 2. The number of ether oxygens (including phenoxy) is 4. The molecule has 0 radical (unpaired) electrons. The van der Waals surface area contributed by atoms with E-state index >= 15 is 0 Å². The van der Waals surface area contributed by atoms with Crippen LogP contribution in [-0.2, 0) is 14.3 Å². The van der Waals surface area contributed by atoms with Crippen LogP contribution in [0.5, 0.6) is 11.5 Å². The van der Waals surface area contributed by atoms with E-state index in [4.69, 9.17) is 52.1 Å². The van der Waals surface area contributed by atoms with Gasteiger partial charge < -0.3 is 34.5 Å². The average molecular weight is 604 g/mol. The molecule has 0 saturated carbocycles. The van der Waals surface area contributed by atoms with Crippen LogP contribution >= 0.6 is 23.2 Å². The van der Waals surface area contributed by atoms with Crippen molar-refractivity contribution in [2.24, 2.45) is 0 Å². The highest BCUT2D eigenvalue weighted by Gasteiger charge is 2.36. The van der Waals surface area contributed by atoms with Crippen molar-refractivity contribution in [3.05, 3.63) is 41.0 Å². The molecule has 0 bridgehead atoms. The topological polar surface area (TPSA) is 120 Å². The van der Waals surface area contributed by atoms with Gasteiger partial charge in [0, 0.05) is 43.4 Å². The van der Waals surface area contributed by atoms with Gasteiger partial charge in [0.25, 0.3) is 0 Å². The van der Waals surface area contributed by atoms with Gasteiger partial charge in [-0.15, -0.1) is 0 Å². The predicted octanol–water partition coefficient (Wildman–Crippen LogP) is 4.11. The quantitative estimate of drug-likeness (QED) is 0.346. The van der Waals surface area contributed by atoms with Crippen LogP contribution in [0, 0.1) is 0 Å². The maximum atomic E-state index is 11.9. The molecule has 218 valence electrons. The van der Waals surface area contributed by atoms with Crippen LogP contribution in [0.4, 0.5) is 11.8 Å². The number of methoxy groups -OCH3 is 3. The number of nitrogens with one attached hydrogen (secondary N) is 2. The summed E-state index contributed by atoms with van der Waals surface area (Å²) in [5.74, 6) is 1.57. The maximum Gasteiger partial charge on any atom is 0.243 e. The third-order valence-electron chi connectivity index (χ3n) is 7.51. The lowest BCUT2D eigenvalue weighted by Crippen LogP contribution is -2.45. The van der Waals surface area contributed by atoms with Crippen molar-refractivity contribution in [1.82, 2.24) is 20.3 Å². The molecule has 1 aromatic carbocycles. The summed E-state index contributed by atoms with van der Waals surface area (Å²) >= 11 is 13.5. The number of pyridine rings is 1. The Bertz CT molecular complexity index is 1460. The normalized spacial score (nSPS) is 22.1. The van der Waals surface area contributed by atoms with E-state index in [2.05, 4.69) is 34.0 Å². The maximum absolute atomic E-state index is 11.9. The minimum absolute atomic E-state index is 0.225. The summed E-state index contributed by atoms with van der Waals surface area (Å²) < 4.78 is 22.4. The molecule has 2 aromatic heterocycles. The fourth-order valence-electron chi connectivity index (χ4n) is 5.08. The van der Waals surface area contributed by atoms with Gasteiger partial charge in [0.1, 0.15) is 17.0 Å². The second-order valence-electron chi connectivity index (χ2n) is 10.2. The summed E-state index contributed by atoms with van der Waals surface area (Å²) in [5, 5.41) is 7.55. The van der Waals surface area contributed by atoms with E-state index in [0.29, 0.717) is 76.4 Å². The largest absolute Gasteiger partial charge is 0.495 e. The van der Waals surface area contributed by atoms with Crippen molar-refractivity contribution in [1.29, 1.82) is 0 Å². The van der Waals surface area contributed by atoms with Gasteiger partial charge >= 0.3 is 0 Å². The molecule has 5 rings (SSSR count). The SMILES string of the molecule is C=CC(=O)N[C@H]1COC[C@H]1Nc1ncc2cc(-c3c(Cl)c(OC)cc(OC)c3Cl)nc(N3CCC(C)(OC)C3)c2n1. The monoisotopic (exact) mass is 602 g/mol. The van der Waals surface area contributed by atoms with Gasteiger partial charge in [-0.05, 0) is 25.5 Å². The molecule has 2 N–H and O–H groups in total. The molecule has 3 aromatic rings. The second kappa shape index (κ2) is 11.8. The number of anilines is 2. The highest BCUT2D eigenvalue weighted by molar-refractivity contribution is 6.41. The van der Waals surface area contributed by atoms with E-state index < -0.39 is 0 Å². The highest BCUT2D eigenvalue weighted by Crippen LogP contribution is 2.46. The molecule has 2 aliphatic heterocycles. The lowest BCUT2D eigenvalue weighted by molar-refractivity contribution is -0.117. The number of rotatable bonds is 9. The lowest BCUT2D eigenvalue weighted by atomic mass is 10.1. The first-order valence-corrected chi connectivity index (χ1v) is 13.8. The Hall–Kier alpha value is -3.38. The van der Waals surface area contributed by atoms with Gasteiger partial charge in [0.05, 0.1) is 60.9 Å². The van der Waals surface area contributed by atoms with E-state index in [1.807, 2.05) is 6.07 Å². The van der Waals surface area contributed by atoms with Crippen molar-refractivity contribution in [2.75, 3.05) is 57.8 Å². The lowest BCUT2D eigenvalue weighted by Gasteiger charge is -2.25. The first kappa shape index (κ1) is 29.1. The molecule has 2 fully saturated rings. The molecule has 4 heterocycles. The summed E-state index contributed by atoms with van der Waals surface area (Å²) in [6.07, 6.45) is 3.76. The van der Waals surface area contributed by atoms with Crippen LogP contribution in [0.1, 0.15) is 13.3 Å². The smallest absolute Gasteiger partial charge is 0.243 e. The number of amides is 1. The molecule has 0 spiro atoms. The molecule has 3 atom stereocenters. The van der Waals surface area contributed by atoms with Crippen LogP contribution in [-0.4, -0.2) is 86.2 Å². The number of aromatic nitrogens is 3. The number of carbonyl (C=O) groups excluding carboxylic acids is 1. The van der Waals surface area contributed by atoms with Crippen molar-refractivity contribution in [3.63, 3.8) is 0 Å². The van der Waals surface area contributed by atoms with E-state index in [0.717, 1.165) is 11.8 Å². The van der Waals surface area contributed by atoms with Crippen molar-refractivity contribution >= 4 is 51.8 Å². The van der Waals surface area contributed by atoms with Crippen molar-refractivity contribution in [3.8, 4) is 22.8 Å². The summed E-state index contributed by atoms with van der Waals surface area (Å²) in [5.41, 5.74) is 1.29. The summed E-state index contributed by atoms with van der Waals surface area (Å²) in [4.78, 5) is 28.5. The fraction of sp³-hybridized carbons (Fsp3) is 0.429. The van der Waals surface area contributed by atoms with Gasteiger partial charge in [0.15, 0.2) is 5.82 Å². The Kier molecular flexibility index (Phi) is 8.42. The molecular weight excluding hydrogens is 571 g/mol. The van der Waals surface area contributed by atoms with Gasteiger partial charge in [-0.2, -0.15) is 0 Å². The fourth-order valence-corrected chi connectivity index (χ4v) is 5.77. The summed E-state index contributed by atoms with van der Waals surface area (Å²) in [7, 11) is 4.76. The van der Waals surface area contributed by atoms with Gasteiger partial charge in [0.2, 0.25) is 11.9 Å². The minimum Gasteiger partial charge on any atom is -0.495 e. The zero-order chi connectivity index (χ0) is 29.3. The Morgan fingerprint density at radius 2 is 1.85 bits per heavy atom. The molecule has 2 saturated heterocycles. The average Bonchev–Trinajstić information content (AvgIpc) is 3.59. The molecule has 41 heavy (non-hydrogen) atoms. The summed E-state index contributed by atoms with van der Waals surface area (Å²) in [6, 6.07) is 3.00. The van der Waals surface area contributed by atoms with Crippen molar-refractivity contribution < 1.29 is 23.7 Å². The van der Waals surface area contributed by atoms with Crippen LogP contribution in [0.2, 0.25) is 10.0 Å². The number of carbonyl (C=O) groups is 1. The Balaban J connectivity index is 1.61. The van der Waals surface area contributed by atoms with Crippen LogP contribution in [0.3, 0.4) is 0 Å². The molecule has 1 amide bonds. The zero-order valence-corrected chi connectivity index (χ0v) is 24.8. The second-order valence-corrected chi connectivity index (χ2v) is 10.9. The molecule has 0 aliphatic carbocycles. The van der Waals surface area contributed by atoms with E-state index in [1.165, 1.54) is 20.3 Å². The molecule has 11 nitrogen and oxygen atoms in total. The Labute approximate surface area is 248 Å². The van der Waals surface area contributed by atoms with Crippen LogP contribution in [0.25, 0.3) is 22.2 Å². The van der Waals surface area contributed by atoms with Gasteiger partial charge in [-0.3, -0.25) is 4.79 Å². The molecule has 2 aliphatic rings. The third kappa shape index (κ3) is 5.72. The van der Waals surface area contributed by atoms with Crippen LogP contribution < -0.4 is 25.0 Å². The third-order valence-corrected chi connectivity index (χ3v) is 8.26. The first-order valence-electron chi connectivity index (χ1n) is 13.1. The summed E-state index contributed by atoms with van der Waals surface area (Å²) in [6.45, 7) is 7.66. The van der Waals surface area contributed by atoms with Crippen LogP contribution in [0.15, 0.2) is 31.0 Å². The van der Waals surface area contributed by atoms with E-state index in [-0.39, 0.29) is 23.6 Å². The number of fused-ring (bicyclic) bond motifs is 1. The zero-order valence-electron chi connectivity index (χ0n) is 23.3. The minimum atomic E-state index is -0.343. The highest BCUT2D eigenvalue weighted by atomic mass is 35.5. The molecular formula is C28H32Cl2N6O5. The molecule has 1 unspecified atom stereocenters. The number of hydrogen-bond acceptors (Lipinski definition) is 10. The number of halogens is 2. The van der Waals surface area contributed by atoms with Gasteiger partial charge in [-0.25, -0.2) is 15.0 Å². The Morgan fingerprint density at radius 3 is 2.49 bits per heavy atom. The van der Waals surface area contributed by atoms with Crippen molar-refractivity contribution in [2.45, 2.75) is 31.0 Å². The number of benzene rings is 1. The van der Waals surface area contributed by atoms with Gasteiger partial charge in [-0.1, -0.05) is 29.8 Å². The van der Waals surface area contributed by atoms with E-state index in [9.17, 15) is 4.79 Å². The predicted molar refractivity (Wildman–Crippen MR) is 158 cm³/mol. The Morgan fingerprint density at radius 1 is 1.15 bits per heavy atom. The molecule has 13 heteroatoms. The first-order chi connectivity index (χ1) is 19.7. The standard InChI is InChI=1S/C28H32Cl2N6O5/c1-6-21(37)32-17-12-41-13-18(17)34-27-31-11-15-9-16(22-23(29)19(38-3)10-20(39-4)24(22)30)33-26(25(15)35-27)36-8-7-28(2,14-36)40-5/h6,9-11,17-18H,1,7-8,12-14H2,2-5H3,(H,32,37)(H,31,34,35)/t17-,18+,28?/m0/s1. The number of nitrogens with zero attached hydrogens (tertiary/aromatic N) is 4.